The van der Waals surface area contributed by atoms with Gasteiger partial charge in [-0.2, -0.15) is 0 Å². The van der Waals surface area contributed by atoms with E-state index in [1.54, 1.807) is 0 Å². The first-order chi connectivity index (χ1) is 31.0. The molecule has 0 heterocycles. The maximum absolute atomic E-state index is 12.8. The van der Waals surface area contributed by atoms with E-state index in [9.17, 15) is 14.4 Å². The van der Waals surface area contributed by atoms with Gasteiger partial charge in [-0.15, -0.1) is 0 Å². The number of rotatable bonds is 49. The molecule has 0 aromatic carbocycles. The van der Waals surface area contributed by atoms with Crippen LogP contribution in [0.3, 0.4) is 0 Å². The molecule has 0 aromatic heterocycles. The summed E-state index contributed by atoms with van der Waals surface area (Å²) < 4.78 is 16.8. The number of esters is 3. The number of carbonyl (C=O) groups is 3. The number of unbranched alkanes of at least 4 members (excludes halogenated alkanes) is 30. The van der Waals surface area contributed by atoms with E-state index in [0.717, 1.165) is 64.2 Å². The van der Waals surface area contributed by atoms with E-state index in [0.29, 0.717) is 19.3 Å². The van der Waals surface area contributed by atoms with Gasteiger partial charge < -0.3 is 14.2 Å². The molecule has 0 saturated heterocycles. The third-order valence-electron chi connectivity index (χ3n) is 11.8. The van der Waals surface area contributed by atoms with Crippen molar-refractivity contribution in [2.75, 3.05) is 13.2 Å². The molecule has 0 rings (SSSR count). The molecule has 0 spiro atoms. The number of ether oxygens (including phenoxy) is 3. The maximum atomic E-state index is 12.8. The molecule has 0 aromatic rings. The zero-order valence-electron chi connectivity index (χ0n) is 41.8. The molecule has 63 heavy (non-hydrogen) atoms. The SMILES string of the molecule is CCCCCCCC/C=C\C/C=C\C/C=C\CCCC(=O)O[C@H](COC(=O)CCCCCCC/C=C\CCCCCCCC)COC(=O)CCCCCCCCCCCCCCC. The van der Waals surface area contributed by atoms with Crippen molar-refractivity contribution in [2.24, 2.45) is 0 Å². The van der Waals surface area contributed by atoms with Crippen LogP contribution in [0.4, 0.5) is 0 Å². The number of hydrogen-bond acceptors (Lipinski definition) is 6. The predicted molar refractivity (Wildman–Crippen MR) is 270 cm³/mol. The van der Waals surface area contributed by atoms with Crippen LogP contribution in [-0.4, -0.2) is 37.2 Å². The van der Waals surface area contributed by atoms with Crippen molar-refractivity contribution >= 4 is 17.9 Å². The number of allylic oxidation sites excluding steroid dienone is 8. The Balaban J connectivity index is 4.45. The molecule has 6 heteroatoms. The molecule has 0 aliphatic rings. The molecule has 0 unspecified atom stereocenters. The molecule has 1 atom stereocenters. The third-order valence-corrected chi connectivity index (χ3v) is 11.8. The summed E-state index contributed by atoms with van der Waals surface area (Å²) in [6.07, 6.45) is 62.4. The normalized spacial score (nSPS) is 12.4. The molecule has 0 saturated carbocycles. The summed E-state index contributed by atoms with van der Waals surface area (Å²) in [4.78, 5) is 38.0. The quantitative estimate of drug-likeness (QED) is 0.0262. The van der Waals surface area contributed by atoms with Crippen molar-refractivity contribution in [1.29, 1.82) is 0 Å². The first-order valence-corrected chi connectivity index (χ1v) is 27.1. The lowest BCUT2D eigenvalue weighted by molar-refractivity contribution is -0.167. The van der Waals surface area contributed by atoms with Gasteiger partial charge in [0, 0.05) is 19.3 Å². The summed E-state index contributed by atoms with van der Waals surface area (Å²) in [7, 11) is 0. The van der Waals surface area contributed by atoms with Gasteiger partial charge in [-0.05, 0) is 77.0 Å². The molecular weight excluding hydrogens is 781 g/mol. The van der Waals surface area contributed by atoms with Crippen LogP contribution in [0.1, 0.15) is 278 Å². The average molecular weight is 883 g/mol. The van der Waals surface area contributed by atoms with Gasteiger partial charge in [-0.1, -0.05) is 230 Å². The predicted octanol–water partition coefficient (Wildman–Crippen LogP) is 17.9. The first kappa shape index (κ1) is 60.4. The first-order valence-electron chi connectivity index (χ1n) is 27.1. The second-order valence-corrected chi connectivity index (χ2v) is 18.1. The van der Waals surface area contributed by atoms with Crippen molar-refractivity contribution in [3.63, 3.8) is 0 Å². The molecule has 366 valence electrons. The van der Waals surface area contributed by atoms with Crippen molar-refractivity contribution in [3.8, 4) is 0 Å². The lowest BCUT2D eigenvalue weighted by Crippen LogP contribution is -2.30. The van der Waals surface area contributed by atoms with Gasteiger partial charge in [-0.3, -0.25) is 14.4 Å². The lowest BCUT2D eigenvalue weighted by Gasteiger charge is -2.18. The molecule has 0 fully saturated rings. The largest absolute Gasteiger partial charge is 0.462 e. The van der Waals surface area contributed by atoms with Gasteiger partial charge in [0.1, 0.15) is 13.2 Å². The fourth-order valence-electron chi connectivity index (χ4n) is 7.69. The summed E-state index contributed by atoms with van der Waals surface area (Å²) in [6.45, 7) is 6.60. The highest BCUT2D eigenvalue weighted by Crippen LogP contribution is 2.15. The summed E-state index contributed by atoms with van der Waals surface area (Å²) in [5.41, 5.74) is 0. The fourth-order valence-corrected chi connectivity index (χ4v) is 7.69. The average Bonchev–Trinajstić information content (AvgIpc) is 3.28. The minimum Gasteiger partial charge on any atom is -0.462 e. The van der Waals surface area contributed by atoms with Crippen molar-refractivity contribution in [1.82, 2.24) is 0 Å². The summed E-state index contributed by atoms with van der Waals surface area (Å²) in [6, 6.07) is 0. The van der Waals surface area contributed by atoms with Crippen LogP contribution in [0, 0.1) is 0 Å². The van der Waals surface area contributed by atoms with Crippen molar-refractivity contribution < 1.29 is 28.6 Å². The highest BCUT2D eigenvalue weighted by Gasteiger charge is 2.19. The van der Waals surface area contributed by atoms with Gasteiger partial charge in [0.2, 0.25) is 0 Å². The molecular formula is C57H102O6. The molecule has 0 amide bonds. The summed E-state index contributed by atoms with van der Waals surface area (Å²) in [5, 5.41) is 0. The van der Waals surface area contributed by atoms with Crippen LogP contribution < -0.4 is 0 Å². The smallest absolute Gasteiger partial charge is 0.306 e. The zero-order chi connectivity index (χ0) is 45.8. The topological polar surface area (TPSA) is 78.9 Å². The van der Waals surface area contributed by atoms with Crippen LogP contribution >= 0.6 is 0 Å². The Kier molecular flexibility index (Phi) is 49.8. The third kappa shape index (κ3) is 50.2. The Bertz CT molecular complexity index is 1110. The Hall–Kier alpha value is -2.63. The fraction of sp³-hybridized carbons (Fsp3) is 0.807. The molecule has 0 bridgehead atoms. The number of carbonyl (C=O) groups excluding carboxylic acids is 3. The van der Waals surface area contributed by atoms with E-state index in [4.69, 9.17) is 14.2 Å². The van der Waals surface area contributed by atoms with E-state index in [1.807, 2.05) is 0 Å². The van der Waals surface area contributed by atoms with Crippen LogP contribution in [-0.2, 0) is 28.6 Å². The van der Waals surface area contributed by atoms with E-state index in [-0.39, 0.29) is 37.5 Å². The van der Waals surface area contributed by atoms with Gasteiger partial charge >= 0.3 is 17.9 Å². The Morgan fingerprint density at radius 1 is 0.317 bits per heavy atom. The minimum atomic E-state index is -0.799. The van der Waals surface area contributed by atoms with Gasteiger partial charge in [0.15, 0.2) is 6.10 Å². The summed E-state index contributed by atoms with van der Waals surface area (Å²) >= 11 is 0. The second kappa shape index (κ2) is 52.0. The standard InChI is InChI=1S/C57H102O6/c1-4-7-10-13-16-19-22-25-27-28-30-33-36-39-42-45-48-51-57(60)63-54(52-61-55(58)49-46-43-40-37-34-31-24-21-18-15-12-9-6-3)53-62-56(59)50-47-44-41-38-35-32-29-26-23-20-17-14-11-8-5-2/h25-27,29-30,33,39,42,54H,4-24,28,31-32,34-38,40-41,43-53H2,1-3H3/b27-25-,29-26-,33-30-,42-39-/t54-/m0/s1. The Labute approximate surface area is 390 Å². The maximum Gasteiger partial charge on any atom is 0.306 e. The molecule has 6 nitrogen and oxygen atoms in total. The van der Waals surface area contributed by atoms with Crippen LogP contribution in [0.5, 0.6) is 0 Å². The molecule has 0 N–H and O–H groups in total. The van der Waals surface area contributed by atoms with E-state index in [2.05, 4.69) is 69.4 Å². The Morgan fingerprint density at radius 2 is 0.587 bits per heavy atom. The zero-order valence-corrected chi connectivity index (χ0v) is 41.8. The molecule has 0 aliphatic heterocycles. The van der Waals surface area contributed by atoms with Crippen LogP contribution in [0.25, 0.3) is 0 Å². The van der Waals surface area contributed by atoms with E-state index < -0.39 is 6.10 Å². The van der Waals surface area contributed by atoms with E-state index >= 15 is 0 Å². The summed E-state index contributed by atoms with van der Waals surface area (Å²) in [5.74, 6) is -0.945. The molecule has 0 radical (unpaired) electrons. The van der Waals surface area contributed by atoms with Crippen LogP contribution in [0.15, 0.2) is 48.6 Å². The lowest BCUT2D eigenvalue weighted by atomic mass is 10.0. The van der Waals surface area contributed by atoms with Gasteiger partial charge in [0.25, 0.3) is 0 Å². The van der Waals surface area contributed by atoms with E-state index in [1.165, 1.54) is 167 Å². The number of hydrogen-bond donors (Lipinski definition) is 0. The van der Waals surface area contributed by atoms with Crippen LogP contribution in [0.2, 0.25) is 0 Å². The van der Waals surface area contributed by atoms with Gasteiger partial charge in [-0.25, -0.2) is 0 Å². The monoisotopic (exact) mass is 883 g/mol. The van der Waals surface area contributed by atoms with Gasteiger partial charge in [0.05, 0.1) is 0 Å². The minimum absolute atomic E-state index is 0.0931. The molecule has 0 aliphatic carbocycles. The second-order valence-electron chi connectivity index (χ2n) is 18.1. The Morgan fingerprint density at radius 3 is 0.952 bits per heavy atom. The highest BCUT2D eigenvalue weighted by molar-refractivity contribution is 5.71. The highest BCUT2D eigenvalue weighted by atomic mass is 16.6. The van der Waals surface area contributed by atoms with Crippen molar-refractivity contribution in [2.45, 2.75) is 284 Å². The van der Waals surface area contributed by atoms with Crippen molar-refractivity contribution in [3.05, 3.63) is 48.6 Å².